The van der Waals surface area contributed by atoms with Crippen molar-refractivity contribution in [2.24, 2.45) is 0 Å². The molecule has 1 amide bonds. The van der Waals surface area contributed by atoms with Gasteiger partial charge in [-0.25, -0.2) is 4.79 Å². The lowest BCUT2D eigenvalue weighted by Crippen LogP contribution is -2.16. The molecule has 0 aliphatic carbocycles. The number of rotatable bonds is 9. The van der Waals surface area contributed by atoms with Gasteiger partial charge in [0.2, 0.25) is 0 Å². The Bertz CT molecular complexity index is 1340. The van der Waals surface area contributed by atoms with Crippen LogP contribution >= 0.6 is 27.3 Å². The standard InChI is InChI=1S/C27H25BrN2O5S/c1-5-34-27(32)24-16(2)17(3)36-26(24)30-25(31)20(14-29)12-19-8-11-22(23(13-19)33-4)35-15-18-6-9-21(28)10-7-18/h6-13H,5,15H2,1-4H3,(H,30,31)/b20-12+. The van der Waals surface area contributed by atoms with Gasteiger partial charge in [0.15, 0.2) is 11.5 Å². The monoisotopic (exact) mass is 568 g/mol. The molecule has 0 aliphatic rings. The molecule has 0 bridgehead atoms. The number of methoxy groups -OCH3 is 1. The van der Waals surface area contributed by atoms with E-state index in [0.717, 1.165) is 20.5 Å². The molecular weight excluding hydrogens is 544 g/mol. The summed E-state index contributed by atoms with van der Waals surface area (Å²) < 4.78 is 17.4. The Morgan fingerprint density at radius 2 is 1.86 bits per heavy atom. The average Bonchev–Trinajstić information content (AvgIpc) is 3.14. The molecule has 0 spiro atoms. The summed E-state index contributed by atoms with van der Waals surface area (Å²) >= 11 is 4.67. The van der Waals surface area contributed by atoms with E-state index >= 15 is 0 Å². The molecule has 0 saturated heterocycles. The second-order valence-corrected chi connectivity index (χ2v) is 9.80. The number of esters is 1. The van der Waals surface area contributed by atoms with E-state index in [9.17, 15) is 14.9 Å². The molecule has 1 aromatic heterocycles. The lowest BCUT2D eigenvalue weighted by Gasteiger charge is -2.12. The second kappa shape index (κ2) is 12.4. The largest absolute Gasteiger partial charge is 0.493 e. The van der Waals surface area contributed by atoms with Crippen LogP contribution in [0.25, 0.3) is 6.08 Å². The normalized spacial score (nSPS) is 10.9. The fraction of sp³-hybridized carbons (Fsp3) is 0.222. The molecule has 1 heterocycles. The first kappa shape index (κ1) is 27.0. The Balaban J connectivity index is 1.80. The number of hydrogen-bond acceptors (Lipinski definition) is 7. The molecule has 0 saturated carbocycles. The number of ether oxygens (including phenoxy) is 3. The highest BCUT2D eigenvalue weighted by Crippen LogP contribution is 2.34. The number of halogens is 1. The number of carbonyl (C=O) groups excluding carboxylic acids is 2. The van der Waals surface area contributed by atoms with Crippen LogP contribution in [-0.4, -0.2) is 25.6 Å². The van der Waals surface area contributed by atoms with Crippen molar-refractivity contribution in [1.82, 2.24) is 0 Å². The lowest BCUT2D eigenvalue weighted by atomic mass is 10.1. The summed E-state index contributed by atoms with van der Waals surface area (Å²) in [5.41, 5.74) is 2.49. The number of hydrogen-bond donors (Lipinski definition) is 1. The first-order chi connectivity index (χ1) is 17.3. The predicted molar refractivity (Wildman–Crippen MR) is 143 cm³/mol. The number of aryl methyl sites for hydroxylation is 1. The zero-order valence-corrected chi connectivity index (χ0v) is 22.7. The second-order valence-electron chi connectivity index (χ2n) is 7.66. The van der Waals surface area contributed by atoms with Gasteiger partial charge in [0, 0.05) is 9.35 Å². The molecule has 0 unspecified atom stereocenters. The zero-order valence-electron chi connectivity index (χ0n) is 20.3. The van der Waals surface area contributed by atoms with Gasteiger partial charge in [-0.2, -0.15) is 5.26 Å². The summed E-state index contributed by atoms with van der Waals surface area (Å²) in [7, 11) is 1.52. The van der Waals surface area contributed by atoms with Gasteiger partial charge in [0.25, 0.3) is 5.91 Å². The molecule has 0 atom stereocenters. The zero-order chi connectivity index (χ0) is 26.2. The maximum atomic E-state index is 12.9. The predicted octanol–water partition coefficient (Wildman–Crippen LogP) is 6.44. The number of carbonyl (C=O) groups is 2. The number of amides is 1. The summed E-state index contributed by atoms with van der Waals surface area (Å²) in [6, 6.07) is 14.9. The summed E-state index contributed by atoms with van der Waals surface area (Å²) in [6.45, 7) is 5.93. The summed E-state index contributed by atoms with van der Waals surface area (Å²) in [5, 5.41) is 12.7. The van der Waals surface area contributed by atoms with E-state index in [0.29, 0.717) is 34.2 Å². The maximum absolute atomic E-state index is 12.9. The van der Waals surface area contributed by atoms with Crippen LogP contribution < -0.4 is 14.8 Å². The summed E-state index contributed by atoms with van der Waals surface area (Å²) in [4.78, 5) is 26.2. The molecule has 7 nitrogen and oxygen atoms in total. The Kier molecular flexibility index (Phi) is 9.28. The Morgan fingerprint density at radius 3 is 2.50 bits per heavy atom. The van der Waals surface area contributed by atoms with Crippen molar-refractivity contribution in [2.45, 2.75) is 27.4 Å². The number of nitrogens with one attached hydrogen (secondary N) is 1. The van der Waals surface area contributed by atoms with E-state index in [4.69, 9.17) is 14.2 Å². The van der Waals surface area contributed by atoms with Gasteiger partial charge in [0.1, 0.15) is 23.3 Å². The number of nitriles is 1. The molecular formula is C27H25BrN2O5S. The van der Waals surface area contributed by atoms with Crippen LogP contribution in [0.15, 0.2) is 52.5 Å². The first-order valence-corrected chi connectivity index (χ1v) is 12.6. The van der Waals surface area contributed by atoms with Gasteiger partial charge in [-0.15, -0.1) is 11.3 Å². The maximum Gasteiger partial charge on any atom is 0.341 e. The van der Waals surface area contributed by atoms with E-state index in [-0.39, 0.29) is 12.2 Å². The Labute approximate surface area is 222 Å². The molecule has 0 aliphatic heterocycles. The third-order valence-corrected chi connectivity index (χ3v) is 6.91. The molecule has 186 valence electrons. The average molecular weight is 569 g/mol. The van der Waals surface area contributed by atoms with Crippen molar-refractivity contribution >= 4 is 50.2 Å². The van der Waals surface area contributed by atoms with Crippen LogP contribution in [-0.2, 0) is 16.1 Å². The number of benzene rings is 2. The highest BCUT2D eigenvalue weighted by atomic mass is 79.9. The molecule has 1 N–H and O–H groups in total. The highest BCUT2D eigenvalue weighted by Gasteiger charge is 2.23. The van der Waals surface area contributed by atoms with Crippen LogP contribution in [0.4, 0.5) is 5.00 Å². The molecule has 0 fully saturated rings. The van der Waals surface area contributed by atoms with Crippen molar-refractivity contribution in [3.63, 3.8) is 0 Å². The number of nitrogens with zero attached hydrogens (tertiary/aromatic N) is 1. The van der Waals surface area contributed by atoms with Crippen LogP contribution in [0.5, 0.6) is 11.5 Å². The van der Waals surface area contributed by atoms with Gasteiger partial charge >= 0.3 is 5.97 Å². The van der Waals surface area contributed by atoms with Gasteiger partial charge < -0.3 is 19.5 Å². The van der Waals surface area contributed by atoms with Gasteiger partial charge in [-0.3, -0.25) is 4.79 Å². The number of anilines is 1. The highest BCUT2D eigenvalue weighted by molar-refractivity contribution is 9.10. The van der Waals surface area contributed by atoms with E-state index in [1.165, 1.54) is 24.5 Å². The van der Waals surface area contributed by atoms with E-state index in [1.807, 2.05) is 37.3 Å². The Hall–Kier alpha value is -3.61. The summed E-state index contributed by atoms with van der Waals surface area (Å²) in [5.74, 6) is -0.142. The van der Waals surface area contributed by atoms with Crippen molar-refractivity contribution in [1.29, 1.82) is 5.26 Å². The minimum atomic E-state index is -0.626. The van der Waals surface area contributed by atoms with Crippen LogP contribution in [0.2, 0.25) is 0 Å². The van der Waals surface area contributed by atoms with Crippen molar-refractivity contribution < 1.29 is 23.8 Å². The van der Waals surface area contributed by atoms with Crippen molar-refractivity contribution in [3.8, 4) is 17.6 Å². The lowest BCUT2D eigenvalue weighted by molar-refractivity contribution is -0.112. The van der Waals surface area contributed by atoms with Crippen LogP contribution in [0.1, 0.15) is 38.8 Å². The molecule has 3 rings (SSSR count). The molecule has 2 aromatic carbocycles. The molecule has 9 heteroatoms. The summed E-state index contributed by atoms with van der Waals surface area (Å²) in [6.07, 6.45) is 1.45. The third kappa shape index (κ3) is 6.53. The molecule has 3 aromatic rings. The Morgan fingerprint density at radius 1 is 1.14 bits per heavy atom. The van der Waals surface area contributed by atoms with Gasteiger partial charge in [0.05, 0.1) is 19.3 Å². The molecule has 36 heavy (non-hydrogen) atoms. The van der Waals surface area contributed by atoms with E-state index in [2.05, 4.69) is 21.2 Å². The van der Waals surface area contributed by atoms with Gasteiger partial charge in [-0.1, -0.05) is 34.1 Å². The minimum Gasteiger partial charge on any atom is -0.493 e. The minimum absolute atomic E-state index is 0.126. The third-order valence-electron chi connectivity index (χ3n) is 5.26. The quantitative estimate of drug-likeness (QED) is 0.181. The van der Waals surface area contributed by atoms with Crippen LogP contribution in [0.3, 0.4) is 0 Å². The molecule has 0 radical (unpaired) electrons. The first-order valence-electron chi connectivity index (χ1n) is 11.0. The number of thiophene rings is 1. The van der Waals surface area contributed by atoms with E-state index in [1.54, 1.807) is 32.0 Å². The van der Waals surface area contributed by atoms with Crippen molar-refractivity contribution in [3.05, 3.63) is 79.6 Å². The van der Waals surface area contributed by atoms with Crippen LogP contribution in [0, 0.1) is 25.2 Å². The smallest absolute Gasteiger partial charge is 0.341 e. The SMILES string of the molecule is CCOC(=O)c1c(NC(=O)/C(C#N)=C/c2ccc(OCc3ccc(Br)cc3)c(OC)c2)sc(C)c1C. The van der Waals surface area contributed by atoms with Crippen molar-refractivity contribution in [2.75, 3.05) is 19.0 Å². The van der Waals surface area contributed by atoms with Gasteiger partial charge in [-0.05, 0) is 67.8 Å². The fourth-order valence-corrected chi connectivity index (χ4v) is 4.59. The topological polar surface area (TPSA) is 97.7 Å². The fourth-order valence-electron chi connectivity index (χ4n) is 3.28. The van der Waals surface area contributed by atoms with E-state index < -0.39 is 11.9 Å².